The summed E-state index contributed by atoms with van der Waals surface area (Å²) in [4.78, 5) is 11.5. The Morgan fingerprint density at radius 2 is 2.17 bits per heavy atom. The van der Waals surface area contributed by atoms with E-state index >= 15 is 0 Å². The molecule has 1 rings (SSSR count). The number of amides is 1. The average molecular weight is 278 g/mol. The van der Waals surface area contributed by atoms with Crippen LogP contribution in [0.2, 0.25) is 0 Å². The van der Waals surface area contributed by atoms with Crippen LogP contribution in [-0.2, 0) is 19.4 Å². The molecule has 106 valence electrons. The lowest BCUT2D eigenvalue weighted by Crippen LogP contribution is -2.36. The van der Waals surface area contributed by atoms with Crippen molar-refractivity contribution in [1.82, 2.24) is 5.32 Å². The topological polar surface area (TPSA) is 98.5 Å². The van der Waals surface area contributed by atoms with Gasteiger partial charge in [0.15, 0.2) is 9.84 Å². The van der Waals surface area contributed by atoms with Gasteiger partial charge in [0, 0.05) is 13.2 Å². The molecule has 0 spiro atoms. The van der Waals surface area contributed by atoms with E-state index in [-0.39, 0.29) is 11.9 Å². The van der Waals surface area contributed by atoms with Crippen molar-refractivity contribution in [3.8, 4) is 0 Å². The van der Waals surface area contributed by atoms with Crippen molar-refractivity contribution in [1.29, 1.82) is 0 Å². The van der Waals surface area contributed by atoms with Crippen molar-refractivity contribution >= 4 is 15.7 Å². The SMILES string of the molecule is NCCCCS(=O)(=O)CC(=O)NCC1CCCO1. The number of rotatable bonds is 8. The minimum absolute atomic E-state index is 0.0253. The predicted octanol–water partition coefficient (Wildman–Crippen LogP) is -0.565. The molecule has 0 aliphatic carbocycles. The number of carbonyl (C=O) groups excluding carboxylic acids is 1. The zero-order valence-electron chi connectivity index (χ0n) is 10.6. The zero-order valence-corrected chi connectivity index (χ0v) is 11.4. The number of unbranched alkanes of at least 4 members (excludes halogenated alkanes) is 1. The van der Waals surface area contributed by atoms with Gasteiger partial charge in [-0.15, -0.1) is 0 Å². The summed E-state index contributed by atoms with van der Waals surface area (Å²) in [6.07, 6.45) is 3.13. The first-order valence-corrected chi connectivity index (χ1v) is 8.14. The van der Waals surface area contributed by atoms with Gasteiger partial charge in [0.25, 0.3) is 0 Å². The Kier molecular flexibility index (Phi) is 6.59. The normalized spacial score (nSPS) is 19.9. The van der Waals surface area contributed by atoms with E-state index in [1.807, 2.05) is 0 Å². The summed E-state index contributed by atoms with van der Waals surface area (Å²) in [5.41, 5.74) is 5.29. The fourth-order valence-electron chi connectivity index (χ4n) is 1.82. The van der Waals surface area contributed by atoms with Crippen molar-refractivity contribution < 1.29 is 17.9 Å². The smallest absolute Gasteiger partial charge is 0.235 e. The maximum atomic E-state index is 11.6. The summed E-state index contributed by atoms with van der Waals surface area (Å²) in [6, 6.07) is 0. The third-order valence-electron chi connectivity index (χ3n) is 2.81. The molecule has 0 aromatic rings. The second-order valence-electron chi connectivity index (χ2n) is 4.53. The maximum absolute atomic E-state index is 11.6. The molecule has 1 heterocycles. The number of nitrogens with two attached hydrogens (primary N) is 1. The first-order chi connectivity index (χ1) is 8.53. The van der Waals surface area contributed by atoms with E-state index in [0.29, 0.717) is 25.9 Å². The summed E-state index contributed by atoms with van der Waals surface area (Å²) < 4.78 is 28.5. The molecule has 6 nitrogen and oxygen atoms in total. The minimum Gasteiger partial charge on any atom is -0.376 e. The molecule has 1 aliphatic heterocycles. The van der Waals surface area contributed by atoms with Crippen LogP contribution in [0, 0.1) is 0 Å². The van der Waals surface area contributed by atoms with Gasteiger partial charge < -0.3 is 15.8 Å². The monoisotopic (exact) mass is 278 g/mol. The van der Waals surface area contributed by atoms with E-state index in [9.17, 15) is 13.2 Å². The molecule has 1 fully saturated rings. The van der Waals surface area contributed by atoms with E-state index < -0.39 is 21.5 Å². The summed E-state index contributed by atoms with van der Waals surface area (Å²) in [5, 5.41) is 2.60. The van der Waals surface area contributed by atoms with E-state index in [0.717, 1.165) is 19.4 Å². The van der Waals surface area contributed by atoms with Crippen LogP contribution in [0.5, 0.6) is 0 Å². The standard InChI is InChI=1S/C11H22N2O4S/c12-5-1-2-7-18(15,16)9-11(14)13-8-10-4-3-6-17-10/h10H,1-9,12H2,(H,13,14). The van der Waals surface area contributed by atoms with Crippen LogP contribution in [-0.4, -0.2) is 51.6 Å². The Balaban J connectivity index is 2.21. The van der Waals surface area contributed by atoms with Crippen LogP contribution < -0.4 is 11.1 Å². The second kappa shape index (κ2) is 7.70. The van der Waals surface area contributed by atoms with Crippen molar-refractivity contribution in [3.63, 3.8) is 0 Å². The highest BCUT2D eigenvalue weighted by Crippen LogP contribution is 2.10. The fraction of sp³-hybridized carbons (Fsp3) is 0.909. The molecule has 1 amide bonds. The molecular formula is C11H22N2O4S. The van der Waals surface area contributed by atoms with Crippen LogP contribution in [0.4, 0.5) is 0 Å². The molecule has 0 radical (unpaired) electrons. The zero-order chi connectivity index (χ0) is 13.4. The minimum atomic E-state index is -3.31. The van der Waals surface area contributed by atoms with Crippen LogP contribution in [0.15, 0.2) is 0 Å². The number of hydrogen-bond donors (Lipinski definition) is 2. The quantitative estimate of drug-likeness (QED) is 0.580. The van der Waals surface area contributed by atoms with Crippen molar-refractivity contribution in [2.75, 3.05) is 31.2 Å². The molecule has 1 atom stereocenters. The third-order valence-corrected chi connectivity index (χ3v) is 4.42. The van der Waals surface area contributed by atoms with E-state index in [1.165, 1.54) is 0 Å². The molecule has 1 unspecified atom stereocenters. The number of nitrogens with one attached hydrogen (secondary N) is 1. The van der Waals surface area contributed by atoms with Crippen LogP contribution in [0.3, 0.4) is 0 Å². The summed E-state index contributed by atoms with van der Waals surface area (Å²) in [6.45, 7) is 1.59. The number of ether oxygens (including phenoxy) is 1. The molecule has 7 heteroatoms. The fourth-order valence-corrected chi connectivity index (χ4v) is 3.11. The van der Waals surface area contributed by atoms with Crippen LogP contribution >= 0.6 is 0 Å². The molecule has 0 bridgehead atoms. The molecule has 0 saturated carbocycles. The van der Waals surface area contributed by atoms with Crippen molar-refractivity contribution in [3.05, 3.63) is 0 Å². The van der Waals surface area contributed by atoms with E-state index in [2.05, 4.69) is 5.32 Å². The Morgan fingerprint density at radius 3 is 2.78 bits per heavy atom. The Labute approximate surface area is 108 Å². The molecule has 1 saturated heterocycles. The average Bonchev–Trinajstić information content (AvgIpc) is 2.78. The highest BCUT2D eigenvalue weighted by atomic mass is 32.2. The highest BCUT2D eigenvalue weighted by Gasteiger charge is 2.19. The number of sulfone groups is 1. The van der Waals surface area contributed by atoms with Crippen molar-refractivity contribution in [2.24, 2.45) is 5.73 Å². The maximum Gasteiger partial charge on any atom is 0.235 e. The summed E-state index contributed by atoms with van der Waals surface area (Å²) in [5.74, 6) is -0.861. The predicted molar refractivity (Wildman–Crippen MR) is 68.9 cm³/mol. The number of carbonyl (C=O) groups is 1. The largest absolute Gasteiger partial charge is 0.376 e. The highest BCUT2D eigenvalue weighted by molar-refractivity contribution is 7.92. The van der Waals surface area contributed by atoms with E-state index in [4.69, 9.17) is 10.5 Å². The molecule has 18 heavy (non-hydrogen) atoms. The van der Waals surface area contributed by atoms with Gasteiger partial charge in [0.1, 0.15) is 5.75 Å². The van der Waals surface area contributed by atoms with Gasteiger partial charge in [-0.25, -0.2) is 8.42 Å². The summed E-state index contributed by atoms with van der Waals surface area (Å²) in [7, 11) is -3.31. The van der Waals surface area contributed by atoms with Crippen LogP contribution in [0.1, 0.15) is 25.7 Å². The molecular weight excluding hydrogens is 256 g/mol. The third kappa shape index (κ3) is 6.32. The molecule has 0 aromatic carbocycles. The first-order valence-electron chi connectivity index (χ1n) is 6.32. The van der Waals surface area contributed by atoms with Gasteiger partial charge >= 0.3 is 0 Å². The first kappa shape index (κ1) is 15.4. The van der Waals surface area contributed by atoms with Gasteiger partial charge in [-0.1, -0.05) is 0 Å². The van der Waals surface area contributed by atoms with E-state index in [1.54, 1.807) is 0 Å². The molecule has 1 aliphatic rings. The number of hydrogen-bond acceptors (Lipinski definition) is 5. The second-order valence-corrected chi connectivity index (χ2v) is 6.71. The lowest BCUT2D eigenvalue weighted by atomic mass is 10.2. The van der Waals surface area contributed by atoms with Gasteiger partial charge in [0.2, 0.25) is 5.91 Å². The Morgan fingerprint density at radius 1 is 1.39 bits per heavy atom. The van der Waals surface area contributed by atoms with Gasteiger partial charge in [-0.2, -0.15) is 0 Å². The Bertz CT molecular complexity index is 350. The molecule has 3 N–H and O–H groups in total. The Hall–Kier alpha value is -0.660. The lowest BCUT2D eigenvalue weighted by Gasteiger charge is -2.10. The van der Waals surface area contributed by atoms with Gasteiger partial charge in [-0.05, 0) is 32.2 Å². The van der Waals surface area contributed by atoms with Gasteiger partial charge in [0.05, 0.1) is 11.9 Å². The summed E-state index contributed by atoms with van der Waals surface area (Å²) >= 11 is 0. The van der Waals surface area contributed by atoms with Crippen LogP contribution in [0.25, 0.3) is 0 Å². The lowest BCUT2D eigenvalue weighted by molar-refractivity contribution is -0.119. The molecule has 0 aromatic heterocycles. The van der Waals surface area contributed by atoms with Crippen molar-refractivity contribution in [2.45, 2.75) is 31.8 Å². The van der Waals surface area contributed by atoms with Gasteiger partial charge in [-0.3, -0.25) is 4.79 Å².